The lowest BCUT2D eigenvalue weighted by Gasteiger charge is -2.13. The quantitative estimate of drug-likeness (QED) is 0.214. The largest absolute Gasteiger partial charge is 0.385 e. The first-order chi connectivity index (χ1) is 14.0. The molecule has 0 amide bonds. The predicted octanol–water partition coefficient (Wildman–Crippen LogP) is 4.62. The van der Waals surface area contributed by atoms with Gasteiger partial charge in [-0.2, -0.15) is 0 Å². The Morgan fingerprint density at radius 3 is 2.66 bits per heavy atom. The third-order valence-electron chi connectivity index (χ3n) is 4.63. The molecule has 1 heterocycles. The molecule has 5 nitrogen and oxygen atoms in total. The highest BCUT2D eigenvalue weighted by Gasteiger charge is 2.14. The molecule has 0 aliphatic rings. The molecule has 0 radical (unpaired) electrons. The van der Waals surface area contributed by atoms with Gasteiger partial charge in [0.15, 0.2) is 10.9 Å². The van der Waals surface area contributed by atoms with Crippen molar-refractivity contribution >= 4 is 40.0 Å². The van der Waals surface area contributed by atoms with Crippen molar-refractivity contribution < 1.29 is 9.53 Å². The topological polar surface area (TPSA) is 61.2 Å². The second-order valence-corrected chi connectivity index (χ2v) is 8.00. The lowest BCUT2D eigenvalue weighted by molar-refractivity contribution is 0.102. The summed E-state index contributed by atoms with van der Waals surface area (Å²) in [5.74, 6) is 0.204. The lowest BCUT2D eigenvalue weighted by atomic mass is 10.1. The van der Waals surface area contributed by atoms with E-state index in [9.17, 15) is 9.59 Å². The van der Waals surface area contributed by atoms with E-state index in [-0.39, 0.29) is 17.1 Å². The summed E-state index contributed by atoms with van der Waals surface area (Å²) in [6.45, 7) is 3.09. The minimum Gasteiger partial charge on any atom is -0.385 e. The van der Waals surface area contributed by atoms with E-state index in [0.717, 1.165) is 6.42 Å². The monoisotopic (exact) mass is 430 g/mol. The first kappa shape index (κ1) is 21.6. The Labute approximate surface area is 179 Å². The number of rotatable bonds is 9. The van der Waals surface area contributed by atoms with Crippen molar-refractivity contribution in [3.8, 4) is 0 Å². The molecule has 0 aliphatic carbocycles. The highest BCUT2D eigenvalue weighted by molar-refractivity contribution is 7.99. The van der Waals surface area contributed by atoms with E-state index in [0.29, 0.717) is 46.2 Å². The van der Waals surface area contributed by atoms with Gasteiger partial charge in [0, 0.05) is 30.8 Å². The predicted molar refractivity (Wildman–Crippen MR) is 118 cm³/mol. The molecular formula is C22H23ClN2O3S. The van der Waals surface area contributed by atoms with Gasteiger partial charge in [0.2, 0.25) is 0 Å². The third kappa shape index (κ3) is 5.26. The summed E-state index contributed by atoms with van der Waals surface area (Å²) in [7, 11) is 1.63. The molecule has 0 bridgehead atoms. The van der Waals surface area contributed by atoms with Crippen LogP contribution in [0.1, 0.15) is 29.3 Å². The maximum absolute atomic E-state index is 13.0. The van der Waals surface area contributed by atoms with Gasteiger partial charge in [-0.25, -0.2) is 4.98 Å². The molecule has 0 saturated carbocycles. The average Bonchev–Trinajstić information content (AvgIpc) is 2.73. The number of hydrogen-bond donors (Lipinski definition) is 0. The third-order valence-corrected chi connectivity index (χ3v) is 5.84. The van der Waals surface area contributed by atoms with Crippen molar-refractivity contribution in [2.45, 2.75) is 31.5 Å². The number of aromatic nitrogens is 2. The van der Waals surface area contributed by atoms with E-state index in [2.05, 4.69) is 11.9 Å². The number of methoxy groups -OCH3 is 1. The molecule has 29 heavy (non-hydrogen) atoms. The van der Waals surface area contributed by atoms with Gasteiger partial charge in [-0.15, -0.1) is 0 Å². The fraction of sp³-hybridized carbons (Fsp3) is 0.318. The number of benzene rings is 2. The molecule has 3 aromatic rings. The maximum atomic E-state index is 13.0. The number of halogens is 1. The molecular weight excluding hydrogens is 408 g/mol. The first-order valence-electron chi connectivity index (χ1n) is 9.47. The standard InChI is InChI=1S/C22H23ClN2O3S/c1-3-15-5-7-16(8-6-15)20(26)14-29-22-24-19-13-17(23)9-10-18(19)21(27)25(22)11-4-12-28-2/h5-10,13H,3-4,11-12,14H2,1-2H3. The van der Waals surface area contributed by atoms with E-state index < -0.39 is 0 Å². The first-order valence-corrected chi connectivity index (χ1v) is 10.8. The summed E-state index contributed by atoms with van der Waals surface area (Å²) in [5, 5.41) is 1.54. The van der Waals surface area contributed by atoms with Gasteiger partial charge >= 0.3 is 0 Å². The van der Waals surface area contributed by atoms with Gasteiger partial charge in [0.1, 0.15) is 0 Å². The number of aryl methyl sites for hydroxylation is 1. The number of Topliss-reactive ketones (excluding diaryl/α,β-unsaturated/α-hetero) is 1. The molecule has 0 atom stereocenters. The van der Waals surface area contributed by atoms with Gasteiger partial charge < -0.3 is 4.74 Å². The van der Waals surface area contributed by atoms with Crippen molar-refractivity contribution in [2.24, 2.45) is 0 Å². The molecule has 0 aliphatic heterocycles. The van der Waals surface area contributed by atoms with Gasteiger partial charge in [0.25, 0.3) is 5.56 Å². The van der Waals surface area contributed by atoms with E-state index in [1.54, 1.807) is 29.9 Å². The normalized spacial score (nSPS) is 11.1. The Kier molecular flexibility index (Phi) is 7.47. The molecule has 3 rings (SSSR count). The minimum atomic E-state index is -0.134. The fourth-order valence-corrected chi connectivity index (χ4v) is 4.07. The molecule has 2 aromatic carbocycles. The van der Waals surface area contributed by atoms with Crippen molar-refractivity contribution in [1.29, 1.82) is 0 Å². The van der Waals surface area contributed by atoms with Gasteiger partial charge in [-0.3, -0.25) is 14.2 Å². The van der Waals surface area contributed by atoms with Gasteiger partial charge in [-0.05, 0) is 36.6 Å². The number of ether oxygens (including phenoxy) is 1. The second kappa shape index (κ2) is 10.1. The number of fused-ring (bicyclic) bond motifs is 1. The average molecular weight is 431 g/mol. The molecule has 0 spiro atoms. The smallest absolute Gasteiger partial charge is 0.262 e. The maximum Gasteiger partial charge on any atom is 0.262 e. The van der Waals surface area contributed by atoms with Crippen LogP contribution in [-0.4, -0.2) is 34.8 Å². The molecule has 0 N–H and O–H groups in total. The molecule has 0 saturated heterocycles. The summed E-state index contributed by atoms with van der Waals surface area (Å²) in [6.07, 6.45) is 1.61. The summed E-state index contributed by atoms with van der Waals surface area (Å²) in [4.78, 5) is 30.2. The summed E-state index contributed by atoms with van der Waals surface area (Å²) < 4.78 is 6.73. The fourth-order valence-electron chi connectivity index (χ4n) is 2.99. The Balaban J connectivity index is 1.88. The zero-order chi connectivity index (χ0) is 20.8. The number of ketones is 1. The van der Waals surface area contributed by atoms with Crippen LogP contribution in [0.25, 0.3) is 10.9 Å². The van der Waals surface area contributed by atoms with Crippen molar-refractivity contribution in [2.75, 3.05) is 19.5 Å². The van der Waals surface area contributed by atoms with Crippen molar-refractivity contribution in [3.63, 3.8) is 0 Å². The van der Waals surface area contributed by atoms with Crippen LogP contribution in [0, 0.1) is 0 Å². The van der Waals surface area contributed by atoms with E-state index in [1.165, 1.54) is 17.3 Å². The molecule has 0 unspecified atom stereocenters. The van der Waals surface area contributed by atoms with Crippen LogP contribution in [0.15, 0.2) is 52.4 Å². The molecule has 7 heteroatoms. The Morgan fingerprint density at radius 2 is 1.97 bits per heavy atom. The van der Waals surface area contributed by atoms with E-state index >= 15 is 0 Å². The van der Waals surface area contributed by atoms with E-state index in [1.807, 2.05) is 24.3 Å². The lowest BCUT2D eigenvalue weighted by Crippen LogP contribution is -2.24. The molecule has 1 aromatic heterocycles. The van der Waals surface area contributed by atoms with Crippen LogP contribution in [-0.2, 0) is 17.7 Å². The van der Waals surface area contributed by atoms with Crippen LogP contribution in [0.5, 0.6) is 0 Å². The summed E-state index contributed by atoms with van der Waals surface area (Å²) in [5.41, 5.74) is 2.25. The highest BCUT2D eigenvalue weighted by atomic mass is 35.5. The van der Waals surface area contributed by atoms with Crippen LogP contribution >= 0.6 is 23.4 Å². The summed E-state index contributed by atoms with van der Waals surface area (Å²) >= 11 is 7.34. The number of nitrogens with zero attached hydrogens (tertiary/aromatic N) is 2. The van der Waals surface area contributed by atoms with Crippen molar-refractivity contribution in [3.05, 3.63) is 69.0 Å². The van der Waals surface area contributed by atoms with Crippen LogP contribution in [0.3, 0.4) is 0 Å². The minimum absolute atomic E-state index is 0.00142. The highest BCUT2D eigenvalue weighted by Crippen LogP contribution is 2.22. The van der Waals surface area contributed by atoms with Crippen LogP contribution < -0.4 is 5.56 Å². The Morgan fingerprint density at radius 1 is 1.21 bits per heavy atom. The molecule has 0 fully saturated rings. The van der Waals surface area contributed by atoms with Crippen LogP contribution in [0.4, 0.5) is 0 Å². The number of carbonyl (C=O) groups is 1. The number of thioether (sulfide) groups is 1. The Bertz CT molecular complexity index is 1060. The number of carbonyl (C=O) groups excluding carboxylic acids is 1. The Hall–Kier alpha value is -2.15. The van der Waals surface area contributed by atoms with Gasteiger partial charge in [0.05, 0.1) is 16.7 Å². The SMILES string of the molecule is CCc1ccc(C(=O)CSc2nc3cc(Cl)ccc3c(=O)n2CCCOC)cc1. The van der Waals surface area contributed by atoms with Crippen LogP contribution in [0.2, 0.25) is 5.02 Å². The zero-order valence-electron chi connectivity index (χ0n) is 16.5. The second-order valence-electron chi connectivity index (χ2n) is 6.62. The van der Waals surface area contributed by atoms with Gasteiger partial charge in [-0.1, -0.05) is 54.6 Å². The zero-order valence-corrected chi connectivity index (χ0v) is 18.1. The van der Waals surface area contributed by atoms with Crippen molar-refractivity contribution in [1.82, 2.24) is 9.55 Å². The molecule has 152 valence electrons. The van der Waals surface area contributed by atoms with E-state index in [4.69, 9.17) is 16.3 Å². The number of hydrogen-bond acceptors (Lipinski definition) is 5. The summed E-state index contributed by atoms with van der Waals surface area (Å²) in [6, 6.07) is 12.7.